The summed E-state index contributed by atoms with van der Waals surface area (Å²) in [4.78, 5) is 11.6. The molecule has 20 heavy (non-hydrogen) atoms. The van der Waals surface area contributed by atoms with Crippen LogP contribution in [0, 0.1) is 11.7 Å². The molecule has 0 bridgehead atoms. The Labute approximate surface area is 119 Å². The SMILES string of the molecule is C/C(CCC(C)C)=N\NC(=O)CNc1ccc(F)cc1. The smallest absolute Gasteiger partial charge is 0.259 e. The predicted molar refractivity (Wildman–Crippen MR) is 80.2 cm³/mol. The fourth-order valence-electron chi connectivity index (χ4n) is 1.50. The fraction of sp³-hybridized carbons (Fsp3) is 0.467. The van der Waals surface area contributed by atoms with Gasteiger partial charge in [-0.25, -0.2) is 9.82 Å². The zero-order chi connectivity index (χ0) is 15.0. The lowest BCUT2D eigenvalue weighted by Crippen LogP contribution is -2.26. The molecule has 2 N–H and O–H groups in total. The van der Waals surface area contributed by atoms with Crippen LogP contribution in [0.5, 0.6) is 0 Å². The minimum absolute atomic E-state index is 0.104. The lowest BCUT2D eigenvalue weighted by Gasteiger charge is -2.06. The third-order valence-corrected chi connectivity index (χ3v) is 2.75. The minimum Gasteiger partial charge on any atom is -0.376 e. The predicted octanol–water partition coefficient (Wildman–Crippen LogP) is 3.17. The Morgan fingerprint density at radius 2 is 1.95 bits per heavy atom. The monoisotopic (exact) mass is 279 g/mol. The van der Waals surface area contributed by atoms with Crippen LogP contribution in [0.3, 0.4) is 0 Å². The van der Waals surface area contributed by atoms with Crippen molar-refractivity contribution in [1.29, 1.82) is 0 Å². The maximum absolute atomic E-state index is 12.7. The molecule has 0 fully saturated rings. The van der Waals surface area contributed by atoms with Crippen LogP contribution in [0.1, 0.15) is 33.6 Å². The number of carbonyl (C=O) groups is 1. The van der Waals surface area contributed by atoms with E-state index in [1.165, 1.54) is 12.1 Å². The summed E-state index contributed by atoms with van der Waals surface area (Å²) >= 11 is 0. The van der Waals surface area contributed by atoms with Crippen LogP contribution in [0.4, 0.5) is 10.1 Å². The van der Waals surface area contributed by atoms with E-state index in [1.807, 2.05) is 6.92 Å². The summed E-state index contributed by atoms with van der Waals surface area (Å²) < 4.78 is 12.7. The molecule has 0 atom stereocenters. The van der Waals surface area contributed by atoms with E-state index < -0.39 is 0 Å². The normalized spacial score (nSPS) is 11.6. The van der Waals surface area contributed by atoms with Gasteiger partial charge in [0, 0.05) is 11.4 Å². The quantitative estimate of drug-likeness (QED) is 0.595. The third-order valence-electron chi connectivity index (χ3n) is 2.75. The van der Waals surface area contributed by atoms with Gasteiger partial charge in [-0.1, -0.05) is 13.8 Å². The largest absolute Gasteiger partial charge is 0.376 e. The zero-order valence-corrected chi connectivity index (χ0v) is 12.2. The summed E-state index contributed by atoms with van der Waals surface area (Å²) in [5.74, 6) is 0.0968. The molecule has 0 radical (unpaired) electrons. The molecule has 0 unspecified atom stereocenters. The summed E-state index contributed by atoms with van der Waals surface area (Å²) in [5.41, 5.74) is 4.11. The molecule has 4 nitrogen and oxygen atoms in total. The first-order valence-electron chi connectivity index (χ1n) is 6.79. The summed E-state index contributed by atoms with van der Waals surface area (Å²) in [6.45, 7) is 6.31. The van der Waals surface area contributed by atoms with Gasteiger partial charge in [0.2, 0.25) is 0 Å². The molecule has 0 saturated heterocycles. The van der Waals surface area contributed by atoms with Gasteiger partial charge in [-0.15, -0.1) is 0 Å². The van der Waals surface area contributed by atoms with E-state index in [0.29, 0.717) is 11.6 Å². The van der Waals surface area contributed by atoms with Gasteiger partial charge in [0.25, 0.3) is 5.91 Å². The van der Waals surface area contributed by atoms with Crippen LogP contribution in [0.25, 0.3) is 0 Å². The van der Waals surface area contributed by atoms with Crippen LogP contribution in [0.2, 0.25) is 0 Å². The number of anilines is 1. The lowest BCUT2D eigenvalue weighted by atomic mass is 10.1. The van der Waals surface area contributed by atoms with Gasteiger partial charge in [-0.3, -0.25) is 4.79 Å². The van der Waals surface area contributed by atoms with E-state index in [0.717, 1.165) is 18.6 Å². The molecule has 1 rings (SSSR count). The number of carbonyl (C=O) groups excluding carboxylic acids is 1. The van der Waals surface area contributed by atoms with E-state index in [9.17, 15) is 9.18 Å². The second-order valence-electron chi connectivity index (χ2n) is 5.18. The second-order valence-corrected chi connectivity index (χ2v) is 5.18. The summed E-state index contributed by atoms with van der Waals surface area (Å²) in [5, 5.41) is 6.94. The van der Waals surface area contributed by atoms with E-state index in [-0.39, 0.29) is 18.3 Å². The molecule has 0 spiro atoms. The van der Waals surface area contributed by atoms with Crippen molar-refractivity contribution in [2.24, 2.45) is 11.0 Å². The van der Waals surface area contributed by atoms with Crippen LogP contribution in [-0.4, -0.2) is 18.2 Å². The number of nitrogens with one attached hydrogen (secondary N) is 2. The number of benzene rings is 1. The number of nitrogens with zero attached hydrogens (tertiary/aromatic N) is 1. The Morgan fingerprint density at radius 3 is 2.55 bits per heavy atom. The van der Waals surface area contributed by atoms with Crippen molar-refractivity contribution in [3.8, 4) is 0 Å². The molecular weight excluding hydrogens is 257 g/mol. The topological polar surface area (TPSA) is 53.5 Å². The maximum Gasteiger partial charge on any atom is 0.259 e. The van der Waals surface area contributed by atoms with Gasteiger partial charge in [-0.05, 0) is 49.9 Å². The number of hydrogen-bond acceptors (Lipinski definition) is 3. The molecule has 0 aliphatic rings. The van der Waals surface area contributed by atoms with Crippen LogP contribution in [-0.2, 0) is 4.79 Å². The molecule has 1 aromatic rings. The van der Waals surface area contributed by atoms with Crippen LogP contribution >= 0.6 is 0 Å². The van der Waals surface area contributed by atoms with E-state index in [1.54, 1.807) is 12.1 Å². The van der Waals surface area contributed by atoms with Gasteiger partial charge in [0.1, 0.15) is 5.82 Å². The highest BCUT2D eigenvalue weighted by atomic mass is 19.1. The molecule has 0 aromatic heterocycles. The molecular formula is C15H22FN3O. The van der Waals surface area contributed by atoms with Crippen molar-refractivity contribution in [2.45, 2.75) is 33.6 Å². The molecule has 0 saturated carbocycles. The molecule has 1 amide bonds. The Morgan fingerprint density at radius 1 is 1.30 bits per heavy atom. The van der Waals surface area contributed by atoms with Gasteiger partial charge in [0.05, 0.1) is 6.54 Å². The van der Waals surface area contributed by atoms with Gasteiger partial charge >= 0.3 is 0 Å². The summed E-state index contributed by atoms with van der Waals surface area (Å²) in [6, 6.07) is 5.85. The van der Waals surface area contributed by atoms with Crippen LogP contribution in [0.15, 0.2) is 29.4 Å². The molecule has 5 heteroatoms. The van der Waals surface area contributed by atoms with Crippen molar-refractivity contribution >= 4 is 17.3 Å². The summed E-state index contributed by atoms with van der Waals surface area (Å²) in [7, 11) is 0. The van der Waals surface area contributed by atoms with Crippen LogP contribution < -0.4 is 10.7 Å². The number of halogens is 1. The average molecular weight is 279 g/mol. The fourth-order valence-corrected chi connectivity index (χ4v) is 1.50. The van der Waals surface area contributed by atoms with Gasteiger partial charge in [0.15, 0.2) is 0 Å². The molecule has 110 valence electrons. The van der Waals surface area contributed by atoms with Crippen molar-refractivity contribution < 1.29 is 9.18 Å². The average Bonchev–Trinajstić information content (AvgIpc) is 2.42. The molecule has 0 heterocycles. The minimum atomic E-state index is -0.301. The van der Waals surface area contributed by atoms with Gasteiger partial charge < -0.3 is 5.32 Å². The van der Waals surface area contributed by atoms with Crippen molar-refractivity contribution in [2.75, 3.05) is 11.9 Å². The van der Waals surface area contributed by atoms with Crippen molar-refractivity contribution in [3.05, 3.63) is 30.1 Å². The zero-order valence-electron chi connectivity index (χ0n) is 12.2. The number of rotatable bonds is 7. The summed E-state index contributed by atoms with van der Waals surface area (Å²) in [6.07, 6.45) is 1.93. The van der Waals surface area contributed by atoms with Crippen molar-refractivity contribution in [3.63, 3.8) is 0 Å². The first kappa shape index (κ1) is 16.1. The van der Waals surface area contributed by atoms with Crippen molar-refractivity contribution in [1.82, 2.24) is 5.43 Å². The first-order valence-corrected chi connectivity index (χ1v) is 6.79. The highest BCUT2D eigenvalue weighted by Gasteiger charge is 2.01. The van der Waals surface area contributed by atoms with E-state index in [4.69, 9.17) is 0 Å². The maximum atomic E-state index is 12.7. The highest BCUT2D eigenvalue weighted by molar-refractivity contribution is 5.85. The number of hydrazone groups is 1. The lowest BCUT2D eigenvalue weighted by molar-refractivity contribution is -0.119. The van der Waals surface area contributed by atoms with E-state index in [2.05, 4.69) is 29.7 Å². The Bertz CT molecular complexity index is 455. The Hall–Kier alpha value is -1.91. The highest BCUT2D eigenvalue weighted by Crippen LogP contribution is 2.07. The Kier molecular flexibility index (Phi) is 6.70. The second kappa shape index (κ2) is 8.30. The molecule has 0 aliphatic carbocycles. The van der Waals surface area contributed by atoms with Gasteiger partial charge in [-0.2, -0.15) is 5.10 Å². The van der Waals surface area contributed by atoms with E-state index >= 15 is 0 Å². The molecule has 0 aliphatic heterocycles. The first-order chi connectivity index (χ1) is 9.47. The number of amides is 1. The standard InChI is InChI=1S/C15H22FN3O/c1-11(2)4-5-12(3)18-19-15(20)10-17-14-8-6-13(16)7-9-14/h6-9,11,17H,4-5,10H2,1-3H3,(H,19,20)/b18-12+. The number of hydrogen-bond donors (Lipinski definition) is 2. The third kappa shape index (κ3) is 6.87. The molecule has 1 aromatic carbocycles. The Balaban J connectivity index is 2.29.